The standard InChI is InChI=1S/C13H26N2O2S/c1-11(2)13(4-5-14-10-13)12(17)15-6-9-18-8-3-7-16/h11,14,16H,3-10H2,1-2H3,(H,15,17). The van der Waals surface area contributed by atoms with E-state index in [0.717, 1.165) is 44.0 Å². The fourth-order valence-corrected chi connectivity index (χ4v) is 3.13. The van der Waals surface area contributed by atoms with Crippen LogP contribution in [0.5, 0.6) is 0 Å². The van der Waals surface area contributed by atoms with Gasteiger partial charge in [-0.3, -0.25) is 4.79 Å². The largest absolute Gasteiger partial charge is 0.396 e. The predicted octanol–water partition coefficient (Wildman–Crippen LogP) is 0.854. The van der Waals surface area contributed by atoms with Crippen molar-refractivity contribution in [1.82, 2.24) is 10.6 Å². The Morgan fingerprint density at radius 1 is 1.50 bits per heavy atom. The molecule has 1 heterocycles. The van der Waals surface area contributed by atoms with Crippen LogP contribution >= 0.6 is 11.8 Å². The fraction of sp³-hybridized carbons (Fsp3) is 0.923. The monoisotopic (exact) mass is 274 g/mol. The van der Waals surface area contributed by atoms with Gasteiger partial charge in [-0.25, -0.2) is 0 Å². The molecule has 0 bridgehead atoms. The zero-order chi connectivity index (χ0) is 13.4. The van der Waals surface area contributed by atoms with E-state index in [1.54, 1.807) is 11.8 Å². The second-order valence-corrected chi connectivity index (χ2v) is 6.41. The highest BCUT2D eigenvalue weighted by Crippen LogP contribution is 2.34. The summed E-state index contributed by atoms with van der Waals surface area (Å²) in [6, 6.07) is 0. The smallest absolute Gasteiger partial charge is 0.227 e. The molecule has 1 fully saturated rings. The minimum absolute atomic E-state index is 0.199. The maximum Gasteiger partial charge on any atom is 0.227 e. The van der Waals surface area contributed by atoms with E-state index in [1.807, 2.05) is 0 Å². The molecule has 0 saturated carbocycles. The summed E-state index contributed by atoms with van der Waals surface area (Å²) in [7, 11) is 0. The van der Waals surface area contributed by atoms with Gasteiger partial charge in [-0.1, -0.05) is 13.8 Å². The SMILES string of the molecule is CC(C)C1(C(=O)NCCSCCCO)CCNC1. The molecule has 1 unspecified atom stereocenters. The molecule has 0 aromatic heterocycles. The van der Waals surface area contributed by atoms with Crippen molar-refractivity contribution in [1.29, 1.82) is 0 Å². The highest BCUT2D eigenvalue weighted by molar-refractivity contribution is 7.99. The number of aliphatic hydroxyl groups is 1. The van der Waals surface area contributed by atoms with Crippen molar-refractivity contribution in [2.24, 2.45) is 11.3 Å². The average Bonchev–Trinajstić information content (AvgIpc) is 2.84. The minimum atomic E-state index is -0.213. The lowest BCUT2D eigenvalue weighted by atomic mass is 9.75. The van der Waals surface area contributed by atoms with Crippen molar-refractivity contribution < 1.29 is 9.90 Å². The van der Waals surface area contributed by atoms with Gasteiger partial charge in [0.2, 0.25) is 5.91 Å². The number of carbonyl (C=O) groups excluding carboxylic acids is 1. The molecule has 1 aliphatic heterocycles. The Hall–Kier alpha value is -0.260. The van der Waals surface area contributed by atoms with Gasteiger partial charge in [-0.15, -0.1) is 0 Å². The van der Waals surface area contributed by atoms with Gasteiger partial charge in [-0.05, 0) is 31.1 Å². The summed E-state index contributed by atoms with van der Waals surface area (Å²) >= 11 is 1.78. The van der Waals surface area contributed by atoms with Crippen LogP contribution in [0.4, 0.5) is 0 Å². The topological polar surface area (TPSA) is 61.4 Å². The van der Waals surface area contributed by atoms with Crippen LogP contribution in [0.25, 0.3) is 0 Å². The molecule has 5 heteroatoms. The molecule has 18 heavy (non-hydrogen) atoms. The molecule has 106 valence electrons. The van der Waals surface area contributed by atoms with E-state index in [4.69, 9.17) is 5.11 Å². The molecule has 1 aliphatic rings. The molecule has 0 aromatic carbocycles. The van der Waals surface area contributed by atoms with Crippen LogP contribution in [0.15, 0.2) is 0 Å². The van der Waals surface area contributed by atoms with Crippen molar-refractivity contribution >= 4 is 17.7 Å². The van der Waals surface area contributed by atoms with E-state index in [-0.39, 0.29) is 17.9 Å². The quantitative estimate of drug-likeness (QED) is 0.574. The van der Waals surface area contributed by atoms with Gasteiger partial charge < -0.3 is 15.7 Å². The Morgan fingerprint density at radius 2 is 2.28 bits per heavy atom. The third-order valence-corrected chi connectivity index (χ3v) is 4.79. The first kappa shape index (κ1) is 15.8. The Kier molecular flexibility index (Phi) is 7.04. The molecular formula is C13H26N2O2S. The maximum atomic E-state index is 12.3. The fourth-order valence-electron chi connectivity index (χ4n) is 2.34. The van der Waals surface area contributed by atoms with Crippen molar-refractivity contribution in [3.05, 3.63) is 0 Å². The Morgan fingerprint density at radius 3 is 2.83 bits per heavy atom. The lowest BCUT2D eigenvalue weighted by molar-refractivity contribution is -0.132. The zero-order valence-electron chi connectivity index (χ0n) is 11.5. The second-order valence-electron chi connectivity index (χ2n) is 5.18. The number of hydrogen-bond donors (Lipinski definition) is 3. The van der Waals surface area contributed by atoms with E-state index >= 15 is 0 Å². The number of rotatable bonds is 8. The van der Waals surface area contributed by atoms with Crippen LogP contribution in [0, 0.1) is 11.3 Å². The van der Waals surface area contributed by atoms with Gasteiger partial charge >= 0.3 is 0 Å². The summed E-state index contributed by atoms with van der Waals surface area (Å²) in [6.45, 7) is 6.97. The van der Waals surface area contributed by atoms with Crippen LogP contribution in [0.2, 0.25) is 0 Å². The average molecular weight is 274 g/mol. The third-order valence-electron chi connectivity index (χ3n) is 3.72. The summed E-state index contributed by atoms with van der Waals surface area (Å²) in [5, 5.41) is 15.0. The van der Waals surface area contributed by atoms with Crippen molar-refractivity contribution in [2.75, 3.05) is 37.7 Å². The van der Waals surface area contributed by atoms with Gasteiger partial charge in [0.05, 0.1) is 5.41 Å². The van der Waals surface area contributed by atoms with Crippen LogP contribution < -0.4 is 10.6 Å². The summed E-state index contributed by atoms with van der Waals surface area (Å²) in [4.78, 5) is 12.3. The third kappa shape index (κ3) is 4.14. The molecule has 1 saturated heterocycles. The number of thioether (sulfide) groups is 1. The number of nitrogens with one attached hydrogen (secondary N) is 2. The van der Waals surface area contributed by atoms with Gasteiger partial charge in [-0.2, -0.15) is 11.8 Å². The molecule has 1 rings (SSSR count). The highest BCUT2D eigenvalue weighted by Gasteiger charge is 2.43. The molecule has 4 nitrogen and oxygen atoms in total. The van der Waals surface area contributed by atoms with Crippen LogP contribution in [0.1, 0.15) is 26.7 Å². The molecule has 0 spiro atoms. The van der Waals surface area contributed by atoms with E-state index in [9.17, 15) is 4.79 Å². The Balaban J connectivity index is 2.26. The first-order valence-corrected chi connectivity index (χ1v) is 7.96. The van der Waals surface area contributed by atoms with Crippen molar-refractivity contribution in [2.45, 2.75) is 26.7 Å². The van der Waals surface area contributed by atoms with Crippen LogP contribution in [-0.4, -0.2) is 48.8 Å². The zero-order valence-corrected chi connectivity index (χ0v) is 12.3. The lowest BCUT2D eigenvalue weighted by Gasteiger charge is -2.31. The summed E-state index contributed by atoms with van der Waals surface area (Å²) in [5.41, 5.74) is -0.213. The normalized spacial score (nSPS) is 23.6. The van der Waals surface area contributed by atoms with E-state index in [0.29, 0.717) is 5.92 Å². The van der Waals surface area contributed by atoms with E-state index < -0.39 is 0 Å². The van der Waals surface area contributed by atoms with Crippen molar-refractivity contribution in [3.63, 3.8) is 0 Å². The molecule has 1 amide bonds. The summed E-state index contributed by atoms with van der Waals surface area (Å²) in [6.07, 6.45) is 1.77. The van der Waals surface area contributed by atoms with Gasteiger partial charge in [0, 0.05) is 25.4 Å². The number of carbonyl (C=O) groups is 1. The summed E-state index contributed by atoms with van der Waals surface area (Å²) in [5.74, 6) is 2.45. The second kappa shape index (κ2) is 8.02. The Labute approximate surface area is 114 Å². The van der Waals surface area contributed by atoms with Gasteiger partial charge in [0.25, 0.3) is 0 Å². The molecule has 0 aromatic rings. The lowest BCUT2D eigenvalue weighted by Crippen LogP contribution is -2.46. The van der Waals surface area contributed by atoms with Crippen molar-refractivity contribution in [3.8, 4) is 0 Å². The van der Waals surface area contributed by atoms with Gasteiger partial charge in [0.15, 0.2) is 0 Å². The number of hydrogen-bond acceptors (Lipinski definition) is 4. The molecule has 3 N–H and O–H groups in total. The van der Waals surface area contributed by atoms with Crippen LogP contribution in [0.3, 0.4) is 0 Å². The van der Waals surface area contributed by atoms with E-state index in [1.165, 1.54) is 0 Å². The number of aliphatic hydroxyl groups excluding tert-OH is 1. The first-order valence-electron chi connectivity index (χ1n) is 6.81. The molecular weight excluding hydrogens is 248 g/mol. The predicted molar refractivity (Wildman–Crippen MR) is 76.8 cm³/mol. The molecule has 1 atom stereocenters. The minimum Gasteiger partial charge on any atom is -0.396 e. The number of amides is 1. The van der Waals surface area contributed by atoms with Gasteiger partial charge in [0.1, 0.15) is 0 Å². The van der Waals surface area contributed by atoms with Crippen LogP contribution in [-0.2, 0) is 4.79 Å². The molecule has 0 aliphatic carbocycles. The van der Waals surface area contributed by atoms with E-state index in [2.05, 4.69) is 24.5 Å². The first-order chi connectivity index (χ1) is 8.63. The Bertz CT molecular complexity index is 253. The summed E-state index contributed by atoms with van der Waals surface area (Å²) < 4.78 is 0. The maximum absolute atomic E-state index is 12.3. The highest BCUT2D eigenvalue weighted by atomic mass is 32.2. The molecule has 0 radical (unpaired) electrons.